The van der Waals surface area contributed by atoms with Crippen molar-refractivity contribution in [2.24, 2.45) is 0 Å². The third-order valence-corrected chi connectivity index (χ3v) is 4.05. The predicted octanol–water partition coefficient (Wildman–Crippen LogP) is 1.04. The molecule has 0 unspecified atom stereocenters. The van der Waals surface area contributed by atoms with Crippen molar-refractivity contribution in [2.45, 2.75) is 12.7 Å². The van der Waals surface area contributed by atoms with Crippen LogP contribution in [0.25, 0.3) is 11.0 Å². The summed E-state index contributed by atoms with van der Waals surface area (Å²) >= 11 is 0. The summed E-state index contributed by atoms with van der Waals surface area (Å²) in [5, 5.41) is 0. The highest BCUT2D eigenvalue weighted by atomic mass is 19.4. The number of rotatable bonds is 3. The monoisotopic (exact) mass is 343 g/mol. The molecule has 1 N–H and O–H groups in total. The van der Waals surface area contributed by atoms with E-state index in [0.29, 0.717) is 32.8 Å². The second-order valence-corrected chi connectivity index (χ2v) is 5.59. The van der Waals surface area contributed by atoms with Gasteiger partial charge < -0.3 is 14.3 Å². The Morgan fingerprint density at radius 2 is 1.83 bits per heavy atom. The molecule has 130 valence electrons. The summed E-state index contributed by atoms with van der Waals surface area (Å²) in [6.45, 7) is 3.11. The van der Waals surface area contributed by atoms with Gasteiger partial charge in [-0.15, -0.1) is 0 Å². The van der Waals surface area contributed by atoms with E-state index in [0.717, 1.165) is 16.7 Å². The topological polar surface area (TPSA) is 67.3 Å². The van der Waals surface area contributed by atoms with Gasteiger partial charge in [0, 0.05) is 26.2 Å². The van der Waals surface area contributed by atoms with Gasteiger partial charge in [-0.1, -0.05) is 0 Å². The first kappa shape index (κ1) is 16.7. The van der Waals surface area contributed by atoms with Crippen molar-refractivity contribution < 1.29 is 17.9 Å². The minimum absolute atomic E-state index is 0.0719. The zero-order valence-electron chi connectivity index (χ0n) is 12.7. The van der Waals surface area contributed by atoms with Crippen molar-refractivity contribution in [2.75, 3.05) is 32.8 Å². The van der Waals surface area contributed by atoms with Crippen LogP contribution in [0.2, 0.25) is 0 Å². The average Bonchev–Trinajstić information content (AvgIpc) is 2.55. The van der Waals surface area contributed by atoms with Gasteiger partial charge in [0.1, 0.15) is 0 Å². The molecule has 0 saturated carbocycles. The number of aromatic amines is 1. The first-order valence-corrected chi connectivity index (χ1v) is 7.50. The molecule has 0 bridgehead atoms. The average molecular weight is 343 g/mol. The van der Waals surface area contributed by atoms with Crippen LogP contribution in [0.15, 0.2) is 27.8 Å². The molecule has 6 nitrogen and oxygen atoms in total. The third kappa shape index (κ3) is 3.36. The number of benzene rings is 1. The normalized spacial score (nSPS) is 16.6. The lowest BCUT2D eigenvalue weighted by Crippen LogP contribution is -2.42. The second-order valence-electron chi connectivity index (χ2n) is 5.59. The van der Waals surface area contributed by atoms with Crippen molar-refractivity contribution in [3.05, 3.63) is 44.5 Å². The van der Waals surface area contributed by atoms with Crippen LogP contribution in [0.1, 0.15) is 5.56 Å². The zero-order valence-corrected chi connectivity index (χ0v) is 12.7. The number of nitrogens with one attached hydrogen (secondary N) is 1. The molecule has 0 amide bonds. The summed E-state index contributed by atoms with van der Waals surface area (Å²) in [5.74, 6) is 0. The largest absolute Gasteiger partial charge is 0.416 e. The van der Waals surface area contributed by atoms with Crippen molar-refractivity contribution in [3.63, 3.8) is 0 Å². The van der Waals surface area contributed by atoms with Crippen LogP contribution in [0.4, 0.5) is 13.2 Å². The maximum Gasteiger partial charge on any atom is 0.416 e. The summed E-state index contributed by atoms with van der Waals surface area (Å²) in [7, 11) is 0. The number of morpholine rings is 1. The van der Waals surface area contributed by atoms with E-state index in [1.54, 1.807) is 0 Å². The van der Waals surface area contributed by atoms with Crippen LogP contribution >= 0.6 is 0 Å². The van der Waals surface area contributed by atoms with E-state index in [-0.39, 0.29) is 17.6 Å². The minimum atomic E-state index is -4.52. The molecule has 0 radical (unpaired) electrons. The summed E-state index contributed by atoms with van der Waals surface area (Å²) in [6, 6.07) is 2.95. The maximum atomic E-state index is 12.9. The molecule has 1 aliphatic rings. The number of hydrogen-bond donors (Lipinski definition) is 1. The number of fused-ring (bicyclic) bond motifs is 1. The van der Waals surface area contributed by atoms with Crippen LogP contribution in [0.3, 0.4) is 0 Å². The van der Waals surface area contributed by atoms with Gasteiger partial charge in [-0.3, -0.25) is 14.5 Å². The molecule has 1 fully saturated rings. The van der Waals surface area contributed by atoms with Crippen molar-refractivity contribution in [1.82, 2.24) is 14.5 Å². The number of nitrogens with zero attached hydrogens (tertiary/aromatic N) is 2. The molecule has 0 atom stereocenters. The Kier molecular flexibility index (Phi) is 4.46. The number of ether oxygens (including phenoxy) is 1. The molecule has 0 spiro atoms. The Balaban J connectivity index is 2.01. The van der Waals surface area contributed by atoms with Crippen LogP contribution in [0, 0.1) is 0 Å². The Morgan fingerprint density at radius 1 is 1.12 bits per heavy atom. The van der Waals surface area contributed by atoms with Crippen molar-refractivity contribution in [1.29, 1.82) is 0 Å². The molecule has 0 aliphatic carbocycles. The van der Waals surface area contributed by atoms with E-state index in [9.17, 15) is 22.8 Å². The van der Waals surface area contributed by atoms with Gasteiger partial charge in [0.25, 0.3) is 0 Å². The third-order valence-electron chi connectivity index (χ3n) is 4.05. The number of H-pyrrole nitrogens is 1. The second kappa shape index (κ2) is 6.40. The highest BCUT2D eigenvalue weighted by Crippen LogP contribution is 2.30. The fraction of sp³-hybridized carbons (Fsp3) is 0.467. The summed E-state index contributed by atoms with van der Waals surface area (Å²) < 4.78 is 45.1. The van der Waals surface area contributed by atoms with Gasteiger partial charge >= 0.3 is 17.3 Å². The summed E-state index contributed by atoms with van der Waals surface area (Å²) in [5.41, 5.74) is -2.28. The quantitative estimate of drug-likeness (QED) is 0.846. The molecule has 2 heterocycles. The Morgan fingerprint density at radius 3 is 2.50 bits per heavy atom. The first-order chi connectivity index (χ1) is 11.4. The Bertz CT molecular complexity index is 851. The predicted molar refractivity (Wildman–Crippen MR) is 81.1 cm³/mol. The summed E-state index contributed by atoms with van der Waals surface area (Å²) in [4.78, 5) is 28.2. The lowest BCUT2D eigenvalue weighted by molar-refractivity contribution is -0.137. The molecular weight excluding hydrogens is 327 g/mol. The van der Waals surface area contributed by atoms with Crippen LogP contribution < -0.4 is 11.1 Å². The number of hydrogen-bond acceptors (Lipinski definition) is 4. The van der Waals surface area contributed by atoms with Crippen LogP contribution in [-0.2, 0) is 17.5 Å². The lowest BCUT2D eigenvalue weighted by Gasteiger charge is -2.26. The van der Waals surface area contributed by atoms with Gasteiger partial charge in [-0.05, 0) is 18.2 Å². The van der Waals surface area contributed by atoms with E-state index >= 15 is 0 Å². The molecule has 1 aliphatic heterocycles. The molecule has 24 heavy (non-hydrogen) atoms. The Hall–Kier alpha value is -2.13. The SMILES string of the molecule is O=c1[nH]c2ccc(C(F)(F)F)cc2n(CCN2CCOCC2)c1=O. The fourth-order valence-electron chi connectivity index (χ4n) is 2.73. The molecule has 2 aromatic rings. The van der Waals surface area contributed by atoms with E-state index in [1.165, 1.54) is 6.07 Å². The molecule has 3 rings (SSSR count). The Labute approximate surface area is 134 Å². The molecule has 1 saturated heterocycles. The number of halogens is 3. The molecule has 9 heteroatoms. The molecule has 1 aromatic heterocycles. The number of alkyl halides is 3. The highest BCUT2D eigenvalue weighted by Gasteiger charge is 2.31. The first-order valence-electron chi connectivity index (χ1n) is 7.50. The van der Waals surface area contributed by atoms with E-state index in [2.05, 4.69) is 4.98 Å². The van der Waals surface area contributed by atoms with E-state index in [4.69, 9.17) is 4.74 Å². The van der Waals surface area contributed by atoms with Crippen LogP contribution in [-0.4, -0.2) is 47.3 Å². The van der Waals surface area contributed by atoms with Gasteiger partial charge in [0.05, 0.1) is 29.8 Å². The molecular formula is C15H16F3N3O3. The summed E-state index contributed by atoms with van der Waals surface area (Å²) in [6.07, 6.45) is -4.52. The lowest BCUT2D eigenvalue weighted by atomic mass is 10.2. The minimum Gasteiger partial charge on any atom is -0.379 e. The van der Waals surface area contributed by atoms with Gasteiger partial charge in [-0.2, -0.15) is 13.2 Å². The zero-order chi connectivity index (χ0) is 17.3. The fourth-order valence-corrected chi connectivity index (χ4v) is 2.73. The van der Waals surface area contributed by atoms with Gasteiger partial charge in [-0.25, -0.2) is 0 Å². The van der Waals surface area contributed by atoms with Crippen molar-refractivity contribution in [3.8, 4) is 0 Å². The highest BCUT2D eigenvalue weighted by molar-refractivity contribution is 5.75. The van der Waals surface area contributed by atoms with Gasteiger partial charge in [0.15, 0.2) is 0 Å². The van der Waals surface area contributed by atoms with Crippen LogP contribution in [0.5, 0.6) is 0 Å². The molecule has 1 aromatic carbocycles. The van der Waals surface area contributed by atoms with Crippen molar-refractivity contribution >= 4 is 11.0 Å². The smallest absolute Gasteiger partial charge is 0.379 e. The maximum absolute atomic E-state index is 12.9. The van der Waals surface area contributed by atoms with E-state index in [1.807, 2.05) is 4.90 Å². The standard InChI is InChI=1S/C15H16F3N3O3/c16-15(17,18)10-1-2-11-12(9-10)21(14(23)13(22)19-11)4-3-20-5-7-24-8-6-20/h1-2,9H,3-8H2,(H,19,22). The van der Waals surface area contributed by atoms with Gasteiger partial charge in [0.2, 0.25) is 0 Å². The number of aromatic nitrogens is 2. The van der Waals surface area contributed by atoms with E-state index < -0.39 is 22.9 Å².